The normalized spacial score (nSPS) is 11.4. The number of nitrogens with zero attached hydrogens (tertiary/aromatic N) is 4. The summed E-state index contributed by atoms with van der Waals surface area (Å²) in [6.45, 7) is -1.49. The summed E-state index contributed by atoms with van der Waals surface area (Å²) in [6, 6.07) is 12.9. The van der Waals surface area contributed by atoms with Crippen LogP contribution in [-0.2, 0) is 11.3 Å². The van der Waals surface area contributed by atoms with Gasteiger partial charge in [-0.05, 0) is 30.3 Å². The van der Waals surface area contributed by atoms with Gasteiger partial charge in [-0.1, -0.05) is 17.3 Å². The maximum absolute atomic E-state index is 12.4. The van der Waals surface area contributed by atoms with E-state index in [2.05, 4.69) is 14.9 Å². The summed E-state index contributed by atoms with van der Waals surface area (Å²) < 4.78 is 48.9. The van der Waals surface area contributed by atoms with E-state index >= 15 is 0 Å². The van der Waals surface area contributed by atoms with Crippen LogP contribution in [0.2, 0.25) is 0 Å². The summed E-state index contributed by atoms with van der Waals surface area (Å²) in [5, 5.41) is 14.0. The molecule has 0 saturated carbocycles. The van der Waals surface area contributed by atoms with Crippen molar-refractivity contribution in [1.29, 1.82) is 5.26 Å². The van der Waals surface area contributed by atoms with Gasteiger partial charge in [-0.15, -0.1) is 0 Å². The van der Waals surface area contributed by atoms with Gasteiger partial charge in [-0.25, -0.2) is 0 Å². The highest BCUT2D eigenvalue weighted by molar-refractivity contribution is 5.94. The second kappa shape index (κ2) is 8.07. The Morgan fingerprint density at radius 3 is 2.78 bits per heavy atom. The van der Waals surface area contributed by atoms with Crippen molar-refractivity contribution in [2.75, 3.05) is 6.61 Å². The number of rotatable bonds is 6. The van der Waals surface area contributed by atoms with E-state index < -0.39 is 18.7 Å². The number of benzene rings is 2. The summed E-state index contributed by atoms with van der Waals surface area (Å²) >= 11 is 0. The number of amides is 1. The number of nitriles is 1. The molecule has 4 rings (SSSR count). The smallest absolute Gasteiger partial charge is 0.422 e. The van der Waals surface area contributed by atoms with Gasteiger partial charge in [0.05, 0.1) is 5.56 Å². The standard InChI is InChI=1S/C21H14F3N5O3/c22-21(23,24)11-31-17-5-4-12(8-13(17)9-25)20-27-19(28-32-20)15-2-1-3-16-14(15)6-7-29(16)10-18(26)30/h1-8H,10-11H2,(H2,26,30). The van der Waals surface area contributed by atoms with Crippen LogP contribution in [0.5, 0.6) is 5.75 Å². The molecule has 0 aliphatic heterocycles. The SMILES string of the molecule is N#Cc1cc(-c2nc(-c3cccc4c3ccn4CC(N)=O)no2)ccc1OCC(F)(F)F. The quantitative estimate of drug-likeness (QED) is 0.488. The minimum Gasteiger partial charge on any atom is -0.483 e. The van der Waals surface area contributed by atoms with E-state index in [4.69, 9.17) is 10.3 Å². The Morgan fingerprint density at radius 1 is 1.25 bits per heavy atom. The molecule has 8 nitrogen and oxygen atoms in total. The molecule has 0 spiro atoms. The van der Waals surface area contributed by atoms with Crippen molar-refractivity contribution in [2.24, 2.45) is 5.73 Å². The molecule has 0 unspecified atom stereocenters. The third kappa shape index (κ3) is 4.24. The van der Waals surface area contributed by atoms with Crippen molar-refractivity contribution in [3.8, 4) is 34.7 Å². The van der Waals surface area contributed by atoms with Crippen LogP contribution in [0.3, 0.4) is 0 Å². The number of ether oxygens (including phenoxy) is 1. The predicted octanol–water partition coefficient (Wildman–Crippen LogP) is 3.66. The zero-order valence-corrected chi connectivity index (χ0v) is 16.3. The minimum absolute atomic E-state index is 0.0180. The predicted molar refractivity (Wildman–Crippen MR) is 106 cm³/mol. The number of nitrogens with two attached hydrogens (primary N) is 1. The molecule has 2 aromatic carbocycles. The molecule has 2 aromatic heterocycles. The molecule has 0 radical (unpaired) electrons. The molecule has 162 valence electrons. The molecule has 2 heterocycles. The highest BCUT2D eigenvalue weighted by Gasteiger charge is 2.29. The first-order chi connectivity index (χ1) is 15.2. The molecular formula is C21H14F3N5O3. The lowest BCUT2D eigenvalue weighted by Crippen LogP contribution is -2.19. The fourth-order valence-corrected chi connectivity index (χ4v) is 3.21. The number of carbonyl (C=O) groups is 1. The van der Waals surface area contributed by atoms with Gasteiger partial charge in [0.15, 0.2) is 6.61 Å². The Morgan fingerprint density at radius 2 is 2.06 bits per heavy atom. The van der Waals surface area contributed by atoms with Crippen LogP contribution in [0.15, 0.2) is 53.2 Å². The lowest BCUT2D eigenvalue weighted by atomic mass is 10.1. The number of hydrogen-bond acceptors (Lipinski definition) is 6. The van der Waals surface area contributed by atoms with Crippen LogP contribution in [0, 0.1) is 11.3 Å². The van der Waals surface area contributed by atoms with Gasteiger partial charge in [0, 0.05) is 28.2 Å². The van der Waals surface area contributed by atoms with Crippen LogP contribution in [0.1, 0.15) is 5.56 Å². The summed E-state index contributed by atoms with van der Waals surface area (Å²) in [5.41, 5.74) is 6.92. The largest absolute Gasteiger partial charge is 0.483 e. The molecular weight excluding hydrogens is 427 g/mol. The number of primary amides is 1. The molecule has 0 fully saturated rings. The Bertz CT molecular complexity index is 1350. The van der Waals surface area contributed by atoms with E-state index in [0.29, 0.717) is 11.1 Å². The van der Waals surface area contributed by atoms with Gasteiger partial charge in [0.25, 0.3) is 5.89 Å². The second-order valence-electron chi connectivity index (χ2n) is 6.80. The molecule has 4 aromatic rings. The molecule has 0 aliphatic carbocycles. The minimum atomic E-state index is -4.52. The molecule has 11 heteroatoms. The molecule has 0 aliphatic rings. The van der Waals surface area contributed by atoms with Crippen LogP contribution < -0.4 is 10.5 Å². The molecule has 2 N–H and O–H groups in total. The van der Waals surface area contributed by atoms with Crippen LogP contribution in [0.25, 0.3) is 33.7 Å². The van der Waals surface area contributed by atoms with E-state index in [9.17, 15) is 23.2 Å². The average Bonchev–Trinajstić information content (AvgIpc) is 3.39. The van der Waals surface area contributed by atoms with E-state index in [0.717, 1.165) is 10.9 Å². The number of fused-ring (bicyclic) bond motifs is 1. The van der Waals surface area contributed by atoms with Crippen LogP contribution in [0.4, 0.5) is 13.2 Å². The Kier molecular flexibility index (Phi) is 5.28. The Balaban J connectivity index is 1.65. The summed E-state index contributed by atoms with van der Waals surface area (Å²) in [6.07, 6.45) is -2.80. The van der Waals surface area contributed by atoms with Crippen molar-refractivity contribution < 1.29 is 27.2 Å². The van der Waals surface area contributed by atoms with E-state index in [-0.39, 0.29) is 29.6 Å². The first-order valence-corrected chi connectivity index (χ1v) is 9.19. The number of aromatic nitrogens is 3. The van der Waals surface area contributed by atoms with Gasteiger partial charge in [-0.2, -0.15) is 23.4 Å². The fraction of sp³-hybridized carbons (Fsp3) is 0.143. The topological polar surface area (TPSA) is 120 Å². The number of carbonyl (C=O) groups excluding carboxylic acids is 1. The van der Waals surface area contributed by atoms with Crippen molar-refractivity contribution in [2.45, 2.75) is 12.7 Å². The third-order valence-corrected chi connectivity index (χ3v) is 4.55. The van der Waals surface area contributed by atoms with Crippen molar-refractivity contribution in [1.82, 2.24) is 14.7 Å². The van der Waals surface area contributed by atoms with Crippen LogP contribution in [-0.4, -0.2) is 33.4 Å². The molecule has 32 heavy (non-hydrogen) atoms. The molecule has 1 amide bonds. The van der Waals surface area contributed by atoms with E-state index in [1.165, 1.54) is 18.2 Å². The Hall–Kier alpha value is -4.33. The Labute approximate surface area is 178 Å². The first kappa shape index (κ1) is 20.9. The van der Waals surface area contributed by atoms with Crippen molar-refractivity contribution in [3.05, 3.63) is 54.2 Å². The monoisotopic (exact) mass is 441 g/mol. The summed E-state index contributed by atoms with van der Waals surface area (Å²) in [5.74, 6) is -0.342. The number of halogens is 3. The van der Waals surface area contributed by atoms with Gasteiger partial charge < -0.3 is 19.6 Å². The highest BCUT2D eigenvalue weighted by Crippen LogP contribution is 2.31. The number of alkyl halides is 3. The lowest BCUT2D eigenvalue weighted by Gasteiger charge is -2.10. The van der Waals surface area contributed by atoms with Crippen molar-refractivity contribution >= 4 is 16.8 Å². The maximum Gasteiger partial charge on any atom is 0.422 e. The number of hydrogen-bond donors (Lipinski definition) is 1. The first-order valence-electron chi connectivity index (χ1n) is 9.19. The highest BCUT2D eigenvalue weighted by atomic mass is 19.4. The fourth-order valence-electron chi connectivity index (χ4n) is 3.21. The maximum atomic E-state index is 12.4. The van der Waals surface area contributed by atoms with Crippen LogP contribution >= 0.6 is 0 Å². The van der Waals surface area contributed by atoms with Gasteiger partial charge in [0.2, 0.25) is 11.7 Å². The zero-order chi connectivity index (χ0) is 22.9. The van der Waals surface area contributed by atoms with Crippen molar-refractivity contribution in [3.63, 3.8) is 0 Å². The zero-order valence-electron chi connectivity index (χ0n) is 16.3. The van der Waals surface area contributed by atoms with E-state index in [1.54, 1.807) is 35.0 Å². The second-order valence-corrected chi connectivity index (χ2v) is 6.80. The molecule has 0 atom stereocenters. The summed E-state index contributed by atoms with van der Waals surface area (Å²) in [7, 11) is 0. The summed E-state index contributed by atoms with van der Waals surface area (Å²) in [4.78, 5) is 15.6. The third-order valence-electron chi connectivity index (χ3n) is 4.55. The average molecular weight is 441 g/mol. The molecule has 0 saturated heterocycles. The molecule has 0 bridgehead atoms. The van der Waals surface area contributed by atoms with Gasteiger partial charge in [-0.3, -0.25) is 4.79 Å². The van der Waals surface area contributed by atoms with Gasteiger partial charge >= 0.3 is 6.18 Å². The van der Waals surface area contributed by atoms with Gasteiger partial charge in [0.1, 0.15) is 18.4 Å². The lowest BCUT2D eigenvalue weighted by molar-refractivity contribution is -0.153. The van der Waals surface area contributed by atoms with E-state index in [1.807, 2.05) is 6.07 Å².